The zero-order valence-electron chi connectivity index (χ0n) is 9.61. The van der Waals surface area contributed by atoms with Crippen LogP contribution in [0.4, 0.5) is 0 Å². The first-order chi connectivity index (χ1) is 7.29. The minimum Gasteiger partial charge on any atom is -0.374 e. The molecule has 0 radical (unpaired) electrons. The molecule has 3 N–H and O–H groups in total. The molecule has 0 spiro atoms. The van der Waals surface area contributed by atoms with E-state index in [9.17, 15) is 0 Å². The average Bonchev–Trinajstić information content (AvgIpc) is 2.65. The Balaban J connectivity index is 1.81. The van der Waals surface area contributed by atoms with E-state index in [0.29, 0.717) is 18.2 Å². The van der Waals surface area contributed by atoms with Crippen LogP contribution in [-0.2, 0) is 4.74 Å². The van der Waals surface area contributed by atoms with E-state index >= 15 is 0 Å². The van der Waals surface area contributed by atoms with Crippen molar-refractivity contribution in [1.82, 2.24) is 10.2 Å². The largest absolute Gasteiger partial charge is 0.374 e. The van der Waals surface area contributed by atoms with E-state index in [-0.39, 0.29) is 0 Å². The molecule has 0 aliphatic carbocycles. The molecular weight excluding hydrogens is 190 g/mol. The van der Waals surface area contributed by atoms with Crippen LogP contribution in [0.3, 0.4) is 0 Å². The molecular formula is C11H23N3O. The summed E-state index contributed by atoms with van der Waals surface area (Å²) in [6.45, 7) is 7.19. The van der Waals surface area contributed by atoms with Gasteiger partial charge >= 0.3 is 0 Å². The van der Waals surface area contributed by atoms with E-state index in [1.54, 1.807) is 0 Å². The molecule has 2 aliphatic heterocycles. The van der Waals surface area contributed by atoms with Crippen molar-refractivity contribution in [2.24, 2.45) is 5.73 Å². The molecule has 0 aromatic carbocycles. The standard InChI is InChI=1S/C11H23N3O/c1-9-2-3-11(15-9)8-14-5-4-13-7-10(14)6-12/h9-11,13H,2-8,12H2,1H3. The molecule has 2 rings (SSSR count). The number of nitrogens with two attached hydrogens (primary N) is 1. The number of nitrogens with one attached hydrogen (secondary N) is 1. The summed E-state index contributed by atoms with van der Waals surface area (Å²) in [5.41, 5.74) is 5.77. The number of hydrogen-bond acceptors (Lipinski definition) is 4. The highest BCUT2D eigenvalue weighted by molar-refractivity contribution is 4.84. The summed E-state index contributed by atoms with van der Waals surface area (Å²) in [6.07, 6.45) is 3.31. The third-order valence-corrected chi connectivity index (χ3v) is 3.50. The molecule has 0 amide bonds. The van der Waals surface area contributed by atoms with E-state index in [4.69, 9.17) is 10.5 Å². The predicted molar refractivity (Wildman–Crippen MR) is 60.9 cm³/mol. The predicted octanol–water partition coefficient (Wildman–Crippen LogP) is -0.214. The van der Waals surface area contributed by atoms with Crippen LogP contribution < -0.4 is 11.1 Å². The molecule has 88 valence electrons. The minimum absolute atomic E-state index is 0.437. The molecule has 0 aromatic rings. The maximum absolute atomic E-state index is 5.85. The van der Waals surface area contributed by atoms with Gasteiger partial charge < -0.3 is 15.8 Å². The minimum atomic E-state index is 0.437. The maximum atomic E-state index is 5.85. The van der Waals surface area contributed by atoms with Crippen molar-refractivity contribution in [2.75, 3.05) is 32.7 Å². The third-order valence-electron chi connectivity index (χ3n) is 3.50. The van der Waals surface area contributed by atoms with E-state index in [1.807, 2.05) is 0 Å². The second-order valence-corrected chi connectivity index (χ2v) is 4.73. The number of rotatable bonds is 3. The Kier molecular flexibility index (Phi) is 3.97. The lowest BCUT2D eigenvalue weighted by Gasteiger charge is -2.36. The van der Waals surface area contributed by atoms with Gasteiger partial charge in [-0.2, -0.15) is 0 Å². The van der Waals surface area contributed by atoms with Crippen molar-refractivity contribution in [3.63, 3.8) is 0 Å². The Bertz CT molecular complexity index is 200. The van der Waals surface area contributed by atoms with Crippen LogP contribution in [0.1, 0.15) is 19.8 Å². The maximum Gasteiger partial charge on any atom is 0.0706 e. The van der Waals surface area contributed by atoms with E-state index in [1.165, 1.54) is 12.8 Å². The lowest BCUT2D eigenvalue weighted by molar-refractivity contribution is 0.0176. The topological polar surface area (TPSA) is 50.5 Å². The fourth-order valence-electron chi connectivity index (χ4n) is 2.56. The lowest BCUT2D eigenvalue weighted by atomic mass is 10.1. The van der Waals surface area contributed by atoms with Gasteiger partial charge in [0.05, 0.1) is 12.2 Å². The van der Waals surface area contributed by atoms with Gasteiger partial charge in [-0.3, -0.25) is 4.90 Å². The zero-order chi connectivity index (χ0) is 10.7. The second-order valence-electron chi connectivity index (χ2n) is 4.73. The fraction of sp³-hybridized carbons (Fsp3) is 1.00. The summed E-state index contributed by atoms with van der Waals surface area (Å²) >= 11 is 0. The van der Waals surface area contributed by atoms with Crippen molar-refractivity contribution in [1.29, 1.82) is 0 Å². The Hall–Kier alpha value is -0.160. The molecule has 2 fully saturated rings. The molecule has 3 atom stereocenters. The highest BCUT2D eigenvalue weighted by Crippen LogP contribution is 2.20. The van der Waals surface area contributed by atoms with Crippen LogP contribution in [0.15, 0.2) is 0 Å². The molecule has 2 heterocycles. The SMILES string of the molecule is CC1CCC(CN2CCNCC2CN)O1. The van der Waals surface area contributed by atoms with Gasteiger partial charge in [0.2, 0.25) is 0 Å². The molecule has 3 unspecified atom stereocenters. The zero-order valence-corrected chi connectivity index (χ0v) is 9.61. The average molecular weight is 213 g/mol. The van der Waals surface area contributed by atoms with Gasteiger partial charge in [-0.1, -0.05) is 0 Å². The van der Waals surface area contributed by atoms with Gasteiger partial charge in [0, 0.05) is 38.8 Å². The smallest absolute Gasteiger partial charge is 0.0706 e. The fourth-order valence-corrected chi connectivity index (χ4v) is 2.56. The molecule has 0 aromatic heterocycles. The Morgan fingerprint density at radius 2 is 2.33 bits per heavy atom. The van der Waals surface area contributed by atoms with Crippen molar-refractivity contribution in [2.45, 2.75) is 38.0 Å². The number of hydrogen-bond donors (Lipinski definition) is 2. The first-order valence-corrected chi connectivity index (χ1v) is 6.10. The van der Waals surface area contributed by atoms with Crippen LogP contribution in [-0.4, -0.2) is 55.9 Å². The van der Waals surface area contributed by atoms with Crippen LogP contribution >= 0.6 is 0 Å². The highest BCUT2D eigenvalue weighted by Gasteiger charge is 2.28. The number of nitrogens with zero attached hydrogens (tertiary/aromatic N) is 1. The van der Waals surface area contributed by atoms with Crippen molar-refractivity contribution in [3.05, 3.63) is 0 Å². The summed E-state index contributed by atoms with van der Waals surface area (Å²) in [4.78, 5) is 2.49. The molecule has 4 nitrogen and oxygen atoms in total. The third kappa shape index (κ3) is 2.91. The first kappa shape index (κ1) is 11.3. The van der Waals surface area contributed by atoms with Crippen molar-refractivity contribution in [3.8, 4) is 0 Å². The summed E-state index contributed by atoms with van der Waals surface area (Å²) in [6, 6.07) is 0.498. The Labute approximate surface area is 92.1 Å². The Morgan fingerprint density at radius 1 is 1.47 bits per heavy atom. The quantitative estimate of drug-likeness (QED) is 0.681. The van der Waals surface area contributed by atoms with Gasteiger partial charge in [0.1, 0.15) is 0 Å². The van der Waals surface area contributed by atoms with Crippen LogP contribution in [0, 0.1) is 0 Å². The number of piperazine rings is 1. The molecule has 2 aliphatic rings. The summed E-state index contributed by atoms with van der Waals surface area (Å²) < 4.78 is 5.85. The van der Waals surface area contributed by atoms with Gasteiger partial charge in [0.25, 0.3) is 0 Å². The van der Waals surface area contributed by atoms with E-state index < -0.39 is 0 Å². The van der Waals surface area contributed by atoms with Gasteiger partial charge in [-0.05, 0) is 19.8 Å². The van der Waals surface area contributed by atoms with E-state index in [2.05, 4.69) is 17.1 Å². The van der Waals surface area contributed by atoms with Crippen molar-refractivity contribution >= 4 is 0 Å². The summed E-state index contributed by atoms with van der Waals surface area (Å²) in [5.74, 6) is 0. The first-order valence-electron chi connectivity index (χ1n) is 6.10. The normalized spacial score (nSPS) is 38.4. The molecule has 0 saturated carbocycles. The van der Waals surface area contributed by atoms with Crippen LogP contribution in [0.25, 0.3) is 0 Å². The highest BCUT2D eigenvalue weighted by atomic mass is 16.5. The van der Waals surface area contributed by atoms with E-state index in [0.717, 1.165) is 32.7 Å². The van der Waals surface area contributed by atoms with Gasteiger partial charge in [-0.25, -0.2) is 0 Å². The molecule has 0 bridgehead atoms. The Morgan fingerprint density at radius 3 is 3.00 bits per heavy atom. The molecule has 4 heteroatoms. The summed E-state index contributed by atoms with van der Waals surface area (Å²) in [5, 5.41) is 3.39. The van der Waals surface area contributed by atoms with Crippen LogP contribution in [0.5, 0.6) is 0 Å². The summed E-state index contributed by atoms with van der Waals surface area (Å²) in [7, 11) is 0. The van der Waals surface area contributed by atoms with Gasteiger partial charge in [-0.15, -0.1) is 0 Å². The monoisotopic (exact) mass is 213 g/mol. The molecule has 15 heavy (non-hydrogen) atoms. The second kappa shape index (κ2) is 5.25. The lowest BCUT2D eigenvalue weighted by Crippen LogP contribution is -2.56. The number of ether oxygens (including phenoxy) is 1. The molecule has 2 saturated heterocycles. The van der Waals surface area contributed by atoms with Crippen LogP contribution in [0.2, 0.25) is 0 Å². The van der Waals surface area contributed by atoms with Crippen molar-refractivity contribution < 1.29 is 4.74 Å². The van der Waals surface area contributed by atoms with Gasteiger partial charge in [0.15, 0.2) is 0 Å².